The first-order chi connectivity index (χ1) is 17.1. The van der Waals surface area contributed by atoms with Crippen LogP contribution in [0.4, 0.5) is 5.69 Å². The minimum absolute atomic E-state index is 0.243. The van der Waals surface area contributed by atoms with E-state index in [1.165, 1.54) is 24.5 Å². The van der Waals surface area contributed by atoms with Crippen molar-refractivity contribution in [3.8, 4) is 17.2 Å². The molecule has 7 nitrogen and oxygen atoms in total. The number of rotatable bonds is 10. The van der Waals surface area contributed by atoms with Crippen LogP contribution in [0.1, 0.15) is 37.8 Å². The van der Waals surface area contributed by atoms with E-state index in [1.807, 2.05) is 55.5 Å². The number of hydrogen-bond donors (Lipinski definition) is 1. The summed E-state index contributed by atoms with van der Waals surface area (Å²) in [6, 6.07) is 19.3. The number of ether oxygens (including phenoxy) is 2. The van der Waals surface area contributed by atoms with Crippen LogP contribution in [0, 0.1) is 0 Å². The number of nitrogens with zero attached hydrogens (tertiary/aromatic N) is 3. The fourth-order valence-corrected chi connectivity index (χ4v) is 3.70. The van der Waals surface area contributed by atoms with E-state index in [4.69, 9.17) is 9.47 Å². The van der Waals surface area contributed by atoms with Crippen LogP contribution in [0.3, 0.4) is 0 Å². The van der Waals surface area contributed by atoms with Crippen molar-refractivity contribution in [3.63, 3.8) is 0 Å². The first kappa shape index (κ1) is 24.0. The van der Waals surface area contributed by atoms with E-state index < -0.39 is 0 Å². The quantitative estimate of drug-likeness (QED) is 0.295. The Kier molecular flexibility index (Phi) is 7.77. The van der Waals surface area contributed by atoms with Gasteiger partial charge in [-0.15, -0.1) is 10.2 Å². The zero-order valence-corrected chi connectivity index (χ0v) is 20.3. The van der Waals surface area contributed by atoms with Crippen LogP contribution < -0.4 is 14.8 Å². The Hall–Kier alpha value is -4.13. The lowest BCUT2D eigenvalue weighted by atomic mass is 10.1. The molecule has 0 fully saturated rings. The highest BCUT2D eigenvalue weighted by molar-refractivity contribution is 6.02. The molecule has 35 heavy (non-hydrogen) atoms. The van der Waals surface area contributed by atoms with Crippen molar-refractivity contribution < 1.29 is 14.3 Å². The van der Waals surface area contributed by atoms with Crippen molar-refractivity contribution in [1.29, 1.82) is 0 Å². The molecule has 1 amide bonds. The van der Waals surface area contributed by atoms with Gasteiger partial charge in [0.2, 0.25) is 5.91 Å². The van der Waals surface area contributed by atoms with Gasteiger partial charge in [-0.25, -0.2) is 0 Å². The molecule has 1 aromatic heterocycles. The fraction of sp³-hybridized carbons (Fsp3) is 0.250. The van der Waals surface area contributed by atoms with Crippen LogP contribution in [-0.2, 0) is 11.2 Å². The number of fused-ring (bicyclic) bond motifs is 1. The molecule has 0 unspecified atom stereocenters. The van der Waals surface area contributed by atoms with Gasteiger partial charge in [-0.05, 0) is 79.4 Å². The van der Waals surface area contributed by atoms with E-state index in [9.17, 15) is 4.79 Å². The smallest absolute Gasteiger partial charge is 0.248 e. The summed E-state index contributed by atoms with van der Waals surface area (Å²) >= 11 is 0. The van der Waals surface area contributed by atoms with Gasteiger partial charge in [-0.3, -0.25) is 4.79 Å². The molecule has 0 aliphatic rings. The summed E-state index contributed by atoms with van der Waals surface area (Å²) < 4.78 is 10.9. The van der Waals surface area contributed by atoms with Gasteiger partial charge in [0.1, 0.15) is 11.0 Å². The molecule has 0 saturated heterocycles. The summed E-state index contributed by atoms with van der Waals surface area (Å²) in [5.41, 5.74) is 5.17. The molecule has 0 aliphatic carbocycles. The molecule has 0 atom stereocenters. The molecule has 4 rings (SSSR count). The van der Waals surface area contributed by atoms with Crippen LogP contribution in [0.2, 0.25) is 0 Å². The third-order valence-electron chi connectivity index (χ3n) is 5.55. The highest BCUT2D eigenvalue weighted by Gasteiger charge is 2.08. The topological polar surface area (TPSA) is 78.3 Å². The van der Waals surface area contributed by atoms with Crippen LogP contribution in [0.15, 0.2) is 66.7 Å². The van der Waals surface area contributed by atoms with Gasteiger partial charge in [-0.2, -0.15) is 4.80 Å². The zero-order chi connectivity index (χ0) is 24.6. The number of benzene rings is 3. The molecule has 0 bridgehead atoms. The van der Waals surface area contributed by atoms with E-state index in [0.29, 0.717) is 29.3 Å². The number of carbonyl (C=O) groups excluding carboxylic acids is 1. The average molecular weight is 471 g/mol. The van der Waals surface area contributed by atoms with E-state index in [2.05, 4.69) is 34.6 Å². The number of amides is 1. The Morgan fingerprint density at radius 1 is 0.971 bits per heavy atom. The van der Waals surface area contributed by atoms with E-state index in [-0.39, 0.29) is 5.91 Å². The number of aryl methyl sites for hydroxylation is 1. The molecule has 1 heterocycles. The number of nitrogens with one attached hydrogen (secondary N) is 1. The molecule has 3 aromatic carbocycles. The summed E-state index contributed by atoms with van der Waals surface area (Å²) in [4.78, 5) is 14.1. The van der Waals surface area contributed by atoms with Crippen LogP contribution in [0.25, 0.3) is 22.8 Å². The lowest BCUT2D eigenvalue weighted by molar-refractivity contribution is -0.111. The maximum absolute atomic E-state index is 12.5. The van der Waals surface area contributed by atoms with Gasteiger partial charge >= 0.3 is 0 Å². The number of methoxy groups -OCH3 is 1. The van der Waals surface area contributed by atoms with Crippen LogP contribution >= 0.6 is 0 Å². The Morgan fingerprint density at radius 2 is 1.77 bits per heavy atom. The molecule has 0 saturated carbocycles. The standard InChI is InChI=1S/C28H30N4O3/c1-4-6-7-20-8-13-23(14-9-20)32-30-24-15-12-22(19-25(24)31-32)29-28(33)17-11-21-10-16-26(35-5-2)27(18-21)34-3/h8-19H,4-7H2,1-3H3,(H,29,33)/b17-11+. The van der Waals surface area contributed by atoms with Gasteiger partial charge in [0, 0.05) is 11.8 Å². The predicted octanol–water partition coefficient (Wildman–Crippen LogP) is 5.82. The van der Waals surface area contributed by atoms with Gasteiger partial charge in [0.15, 0.2) is 11.5 Å². The second kappa shape index (κ2) is 11.3. The summed E-state index contributed by atoms with van der Waals surface area (Å²) in [5, 5.41) is 12.0. The first-order valence-corrected chi connectivity index (χ1v) is 11.9. The van der Waals surface area contributed by atoms with Crippen LogP contribution in [0.5, 0.6) is 11.5 Å². The van der Waals surface area contributed by atoms with Crippen molar-refractivity contribution in [2.75, 3.05) is 19.0 Å². The second-order valence-corrected chi connectivity index (χ2v) is 8.13. The molecular weight excluding hydrogens is 440 g/mol. The first-order valence-electron chi connectivity index (χ1n) is 11.9. The SMILES string of the molecule is CCCCc1ccc(-n2nc3ccc(NC(=O)/C=C/c4ccc(OCC)c(OC)c4)cc3n2)cc1. The van der Waals surface area contributed by atoms with Crippen molar-refractivity contribution in [2.45, 2.75) is 33.1 Å². The number of unbranched alkanes of at least 4 members (excludes halogenated alkanes) is 1. The van der Waals surface area contributed by atoms with Crippen molar-refractivity contribution in [1.82, 2.24) is 15.0 Å². The van der Waals surface area contributed by atoms with Gasteiger partial charge in [-0.1, -0.05) is 31.5 Å². The lowest BCUT2D eigenvalue weighted by Crippen LogP contribution is -2.07. The number of hydrogen-bond acceptors (Lipinski definition) is 5. The second-order valence-electron chi connectivity index (χ2n) is 8.13. The molecular formula is C28H30N4O3. The summed E-state index contributed by atoms with van der Waals surface area (Å²) in [6.45, 7) is 4.67. The minimum Gasteiger partial charge on any atom is -0.493 e. The number of anilines is 1. The summed E-state index contributed by atoms with van der Waals surface area (Å²) in [5.74, 6) is 1.05. The van der Waals surface area contributed by atoms with Crippen molar-refractivity contribution >= 4 is 28.7 Å². The molecule has 180 valence electrons. The molecule has 7 heteroatoms. The van der Waals surface area contributed by atoms with Gasteiger partial charge < -0.3 is 14.8 Å². The third kappa shape index (κ3) is 6.06. The van der Waals surface area contributed by atoms with Gasteiger partial charge in [0.25, 0.3) is 0 Å². The third-order valence-corrected chi connectivity index (χ3v) is 5.55. The molecule has 4 aromatic rings. The van der Waals surface area contributed by atoms with E-state index in [1.54, 1.807) is 18.0 Å². The highest BCUT2D eigenvalue weighted by atomic mass is 16.5. The Balaban J connectivity index is 1.43. The van der Waals surface area contributed by atoms with Crippen molar-refractivity contribution in [2.24, 2.45) is 0 Å². The van der Waals surface area contributed by atoms with E-state index in [0.717, 1.165) is 23.2 Å². The normalized spacial score (nSPS) is 11.2. The monoisotopic (exact) mass is 470 g/mol. The summed E-state index contributed by atoms with van der Waals surface area (Å²) in [6.07, 6.45) is 6.65. The Bertz CT molecular complexity index is 1330. The Labute approximate surface area is 205 Å². The molecule has 0 radical (unpaired) electrons. The van der Waals surface area contributed by atoms with Gasteiger partial charge in [0.05, 0.1) is 19.4 Å². The Morgan fingerprint density at radius 3 is 2.51 bits per heavy atom. The largest absolute Gasteiger partial charge is 0.493 e. The number of carbonyl (C=O) groups is 1. The lowest BCUT2D eigenvalue weighted by Gasteiger charge is -2.09. The summed E-state index contributed by atoms with van der Waals surface area (Å²) in [7, 11) is 1.59. The predicted molar refractivity (Wildman–Crippen MR) is 139 cm³/mol. The van der Waals surface area contributed by atoms with E-state index >= 15 is 0 Å². The highest BCUT2D eigenvalue weighted by Crippen LogP contribution is 2.28. The maximum atomic E-state index is 12.5. The van der Waals surface area contributed by atoms with Crippen LogP contribution in [-0.4, -0.2) is 34.6 Å². The molecule has 0 spiro atoms. The maximum Gasteiger partial charge on any atom is 0.248 e. The number of aromatic nitrogens is 3. The molecule has 0 aliphatic heterocycles. The minimum atomic E-state index is -0.243. The fourth-order valence-electron chi connectivity index (χ4n) is 3.70. The van der Waals surface area contributed by atoms with Crippen molar-refractivity contribution in [3.05, 3.63) is 77.9 Å². The zero-order valence-electron chi connectivity index (χ0n) is 20.3. The molecule has 1 N–H and O–H groups in total. The average Bonchev–Trinajstić information content (AvgIpc) is 3.31.